The van der Waals surface area contributed by atoms with Crippen molar-refractivity contribution in [2.24, 2.45) is 5.92 Å². The zero-order valence-electron chi connectivity index (χ0n) is 16.5. The van der Waals surface area contributed by atoms with Crippen molar-refractivity contribution < 1.29 is 18.3 Å². The lowest BCUT2D eigenvalue weighted by molar-refractivity contribution is 0.0898. The van der Waals surface area contributed by atoms with Gasteiger partial charge in [-0.2, -0.15) is 0 Å². The molecule has 3 aliphatic rings. The van der Waals surface area contributed by atoms with E-state index in [1.807, 2.05) is 4.57 Å². The molecule has 3 heterocycles. The highest BCUT2D eigenvalue weighted by atomic mass is 32.2. The number of nitrogens with zero attached hydrogens (tertiary/aromatic N) is 4. The molecule has 0 radical (unpaired) electrons. The van der Waals surface area contributed by atoms with Crippen molar-refractivity contribution >= 4 is 9.84 Å². The van der Waals surface area contributed by atoms with Gasteiger partial charge in [-0.05, 0) is 31.6 Å². The van der Waals surface area contributed by atoms with Gasteiger partial charge in [0.1, 0.15) is 0 Å². The number of hydrogen-bond donors (Lipinski definition) is 1. The molecule has 2 saturated heterocycles. The van der Waals surface area contributed by atoms with Crippen molar-refractivity contribution in [3.63, 3.8) is 0 Å². The van der Waals surface area contributed by atoms with Crippen LogP contribution in [0.5, 0.6) is 0 Å². The molecular formula is C19H32N4O4S. The van der Waals surface area contributed by atoms with Crippen LogP contribution in [0.1, 0.15) is 31.4 Å². The number of sulfone groups is 1. The number of rotatable bonds is 9. The maximum atomic E-state index is 12.9. The highest BCUT2D eigenvalue weighted by Crippen LogP contribution is 2.32. The van der Waals surface area contributed by atoms with Gasteiger partial charge in [-0.1, -0.05) is 0 Å². The monoisotopic (exact) mass is 412 g/mol. The van der Waals surface area contributed by atoms with Gasteiger partial charge in [0.15, 0.2) is 0 Å². The summed E-state index contributed by atoms with van der Waals surface area (Å²) in [7, 11) is -3.36. The molecule has 1 N–H and O–H groups in total. The van der Waals surface area contributed by atoms with E-state index in [1.165, 1.54) is 0 Å². The van der Waals surface area contributed by atoms with Gasteiger partial charge in [-0.3, -0.25) is 9.80 Å². The summed E-state index contributed by atoms with van der Waals surface area (Å²) in [5.41, 5.74) is 0.959. The minimum absolute atomic E-state index is 0.0734. The molecular weight excluding hydrogens is 380 g/mol. The molecule has 0 aromatic carbocycles. The second-order valence-corrected chi connectivity index (χ2v) is 10.3. The first-order chi connectivity index (χ1) is 13.5. The minimum atomic E-state index is -3.36. The molecule has 1 atom stereocenters. The molecule has 9 heteroatoms. The number of aliphatic hydroxyl groups excluding tert-OH is 1. The van der Waals surface area contributed by atoms with Gasteiger partial charge in [0.25, 0.3) is 0 Å². The Morgan fingerprint density at radius 1 is 1.14 bits per heavy atom. The van der Waals surface area contributed by atoms with Crippen molar-refractivity contribution in [2.75, 3.05) is 51.7 Å². The molecule has 1 aromatic rings. The molecule has 0 spiro atoms. The summed E-state index contributed by atoms with van der Waals surface area (Å²) in [5, 5.41) is 9.33. The van der Waals surface area contributed by atoms with Gasteiger partial charge >= 0.3 is 0 Å². The van der Waals surface area contributed by atoms with Crippen LogP contribution in [0.4, 0.5) is 0 Å². The topological polar surface area (TPSA) is 87.9 Å². The summed E-state index contributed by atoms with van der Waals surface area (Å²) < 4.78 is 33.6. The summed E-state index contributed by atoms with van der Waals surface area (Å²) >= 11 is 0. The van der Waals surface area contributed by atoms with Gasteiger partial charge in [-0.25, -0.2) is 13.4 Å². The Hall–Kier alpha value is -1.00. The lowest BCUT2D eigenvalue weighted by Gasteiger charge is -2.34. The predicted molar refractivity (Wildman–Crippen MR) is 105 cm³/mol. The number of β-amino-alcohol motifs (C(OH)–C–C–N with tert-alkyl or cyclic N) is 1. The average molecular weight is 413 g/mol. The van der Waals surface area contributed by atoms with E-state index in [9.17, 15) is 8.42 Å². The molecule has 3 fully saturated rings. The molecule has 158 valence electrons. The highest BCUT2D eigenvalue weighted by molar-refractivity contribution is 7.91. The van der Waals surface area contributed by atoms with Gasteiger partial charge in [-0.15, -0.1) is 0 Å². The standard InChI is InChI=1S/C19H32N4O4S/c24-10-9-21-5-7-22(8-6-21)13-17-12-20-19(28(25,26)15-16-3-4-16)23(17)14-18-2-1-11-27-18/h12,16,18,24H,1-11,13-15H2. The van der Waals surface area contributed by atoms with E-state index in [0.717, 1.165) is 64.2 Å². The van der Waals surface area contributed by atoms with E-state index >= 15 is 0 Å². The predicted octanol–water partition coefficient (Wildman–Crippen LogP) is 0.356. The van der Waals surface area contributed by atoms with E-state index in [-0.39, 0.29) is 23.6 Å². The van der Waals surface area contributed by atoms with Crippen molar-refractivity contribution in [1.82, 2.24) is 19.4 Å². The molecule has 28 heavy (non-hydrogen) atoms. The largest absolute Gasteiger partial charge is 0.395 e. The van der Waals surface area contributed by atoms with Crippen LogP contribution in [0.3, 0.4) is 0 Å². The van der Waals surface area contributed by atoms with Crippen LogP contribution in [0, 0.1) is 5.92 Å². The van der Waals surface area contributed by atoms with E-state index in [0.29, 0.717) is 25.6 Å². The second-order valence-electron chi connectivity index (χ2n) is 8.34. The van der Waals surface area contributed by atoms with E-state index in [2.05, 4.69) is 14.8 Å². The van der Waals surface area contributed by atoms with Crippen LogP contribution in [-0.4, -0.2) is 90.7 Å². The Morgan fingerprint density at radius 3 is 2.54 bits per heavy atom. The number of hydrogen-bond acceptors (Lipinski definition) is 7. The summed E-state index contributed by atoms with van der Waals surface area (Å²) in [6, 6.07) is 0. The van der Waals surface area contributed by atoms with Gasteiger partial charge < -0.3 is 14.4 Å². The Labute approximate surface area is 167 Å². The summed E-state index contributed by atoms with van der Waals surface area (Å²) in [5.74, 6) is 0.523. The number of imidazole rings is 1. The SMILES string of the molecule is O=S(=O)(CC1CC1)c1ncc(CN2CCN(CCO)CC2)n1CC1CCCO1. The molecule has 4 rings (SSSR count). The van der Waals surface area contributed by atoms with Crippen LogP contribution >= 0.6 is 0 Å². The first-order valence-electron chi connectivity index (χ1n) is 10.5. The van der Waals surface area contributed by atoms with Crippen LogP contribution < -0.4 is 0 Å². The maximum Gasteiger partial charge on any atom is 0.227 e. The summed E-state index contributed by atoms with van der Waals surface area (Å²) in [6.07, 6.45) is 5.84. The van der Waals surface area contributed by atoms with Crippen LogP contribution in [0.25, 0.3) is 0 Å². The molecule has 1 aromatic heterocycles. The number of aliphatic hydroxyl groups is 1. The lowest BCUT2D eigenvalue weighted by Crippen LogP contribution is -2.46. The van der Waals surface area contributed by atoms with Gasteiger partial charge in [0.05, 0.1) is 36.9 Å². The Kier molecular flexibility index (Phi) is 6.37. The molecule has 2 aliphatic heterocycles. The maximum absolute atomic E-state index is 12.9. The number of piperazine rings is 1. The number of ether oxygens (including phenoxy) is 1. The third-order valence-corrected chi connectivity index (χ3v) is 7.80. The Bertz CT molecular complexity index is 748. The van der Waals surface area contributed by atoms with Crippen LogP contribution in [0.15, 0.2) is 11.4 Å². The fourth-order valence-electron chi connectivity index (χ4n) is 4.16. The zero-order valence-corrected chi connectivity index (χ0v) is 17.3. The first-order valence-corrected chi connectivity index (χ1v) is 12.1. The molecule has 1 unspecified atom stereocenters. The molecule has 1 aliphatic carbocycles. The van der Waals surface area contributed by atoms with Crippen molar-refractivity contribution in [2.45, 2.75) is 50.0 Å². The van der Waals surface area contributed by atoms with Crippen LogP contribution in [-0.2, 0) is 27.7 Å². The third-order valence-electron chi connectivity index (χ3n) is 6.01. The highest BCUT2D eigenvalue weighted by Gasteiger charge is 2.33. The molecule has 8 nitrogen and oxygen atoms in total. The average Bonchev–Trinajstić information content (AvgIpc) is 3.16. The van der Waals surface area contributed by atoms with E-state index in [1.54, 1.807) is 6.20 Å². The van der Waals surface area contributed by atoms with Crippen molar-refractivity contribution in [3.8, 4) is 0 Å². The first kappa shape index (κ1) is 20.3. The van der Waals surface area contributed by atoms with Gasteiger partial charge in [0.2, 0.25) is 15.0 Å². The van der Waals surface area contributed by atoms with Crippen LogP contribution in [0.2, 0.25) is 0 Å². The van der Waals surface area contributed by atoms with Crippen molar-refractivity contribution in [3.05, 3.63) is 11.9 Å². The molecule has 1 saturated carbocycles. The van der Waals surface area contributed by atoms with E-state index < -0.39 is 9.84 Å². The fraction of sp³-hybridized carbons (Fsp3) is 0.842. The Morgan fingerprint density at radius 2 is 1.89 bits per heavy atom. The second kappa shape index (κ2) is 8.79. The molecule has 0 amide bonds. The van der Waals surface area contributed by atoms with E-state index in [4.69, 9.17) is 9.84 Å². The minimum Gasteiger partial charge on any atom is -0.395 e. The quantitative estimate of drug-likeness (QED) is 0.626. The van der Waals surface area contributed by atoms with Crippen molar-refractivity contribution in [1.29, 1.82) is 0 Å². The third kappa shape index (κ3) is 4.94. The lowest BCUT2D eigenvalue weighted by atomic mass is 10.2. The van der Waals surface area contributed by atoms with Gasteiger partial charge in [0, 0.05) is 45.9 Å². The molecule has 0 bridgehead atoms. The normalized spacial score (nSPS) is 24.8. The summed E-state index contributed by atoms with van der Waals surface area (Å²) in [4.78, 5) is 8.97. The zero-order chi connectivity index (χ0) is 19.6. The number of aromatic nitrogens is 2. The smallest absolute Gasteiger partial charge is 0.227 e. The fourth-order valence-corrected chi connectivity index (χ4v) is 6.01. The Balaban J connectivity index is 1.49. The summed E-state index contributed by atoms with van der Waals surface area (Å²) in [6.45, 7) is 6.60.